The van der Waals surface area contributed by atoms with Crippen molar-refractivity contribution in [3.63, 3.8) is 0 Å². The summed E-state index contributed by atoms with van der Waals surface area (Å²) in [6, 6.07) is 16.6. The topological polar surface area (TPSA) is 45.7 Å². The second-order valence-corrected chi connectivity index (χ2v) is 6.97. The zero-order chi connectivity index (χ0) is 17.8. The molecule has 0 bridgehead atoms. The molecule has 2 atom stereocenters. The standard InChI is InChI=1S/C21H25N3O2/c25-21(18-8-4-5-10-22-18)24-11-9-19(23-12-14-26-15-13-23)20(24)16-17-6-2-1-3-7-17/h1-8,10,19-20H,9,11-16H2/t19-,20+/m1/s1. The van der Waals surface area contributed by atoms with Gasteiger partial charge in [-0.1, -0.05) is 36.4 Å². The molecule has 1 aromatic heterocycles. The SMILES string of the molecule is O=C(c1ccccn1)N1CC[C@@H](N2CCOCC2)[C@@H]1Cc1ccccc1. The van der Waals surface area contributed by atoms with Gasteiger partial charge < -0.3 is 9.64 Å². The van der Waals surface area contributed by atoms with Gasteiger partial charge in [0.15, 0.2) is 0 Å². The Kier molecular flexibility index (Phi) is 5.27. The first-order valence-corrected chi connectivity index (χ1v) is 9.40. The number of morpholine rings is 1. The molecule has 2 aliphatic heterocycles. The van der Waals surface area contributed by atoms with E-state index in [1.807, 2.05) is 29.2 Å². The van der Waals surface area contributed by atoms with Gasteiger partial charge in [-0.15, -0.1) is 0 Å². The van der Waals surface area contributed by atoms with Crippen LogP contribution in [-0.2, 0) is 11.2 Å². The van der Waals surface area contributed by atoms with Gasteiger partial charge in [-0.25, -0.2) is 0 Å². The van der Waals surface area contributed by atoms with Crippen LogP contribution in [0.5, 0.6) is 0 Å². The van der Waals surface area contributed by atoms with Crippen LogP contribution >= 0.6 is 0 Å². The normalized spacial score (nSPS) is 23.9. The Morgan fingerprint density at radius 2 is 1.81 bits per heavy atom. The number of aromatic nitrogens is 1. The summed E-state index contributed by atoms with van der Waals surface area (Å²) in [6.45, 7) is 4.24. The molecule has 2 aromatic rings. The maximum Gasteiger partial charge on any atom is 0.272 e. The van der Waals surface area contributed by atoms with Gasteiger partial charge in [0.05, 0.1) is 19.3 Å². The van der Waals surface area contributed by atoms with Crippen molar-refractivity contribution >= 4 is 5.91 Å². The van der Waals surface area contributed by atoms with E-state index in [1.54, 1.807) is 6.20 Å². The van der Waals surface area contributed by atoms with E-state index < -0.39 is 0 Å². The number of amides is 1. The van der Waals surface area contributed by atoms with Gasteiger partial charge in [0.25, 0.3) is 5.91 Å². The lowest BCUT2D eigenvalue weighted by Crippen LogP contribution is -2.51. The summed E-state index contributed by atoms with van der Waals surface area (Å²) in [4.78, 5) is 21.9. The number of hydrogen-bond acceptors (Lipinski definition) is 4. The first-order valence-electron chi connectivity index (χ1n) is 9.40. The predicted molar refractivity (Wildman–Crippen MR) is 100 cm³/mol. The van der Waals surface area contributed by atoms with Crippen LogP contribution in [-0.4, -0.2) is 65.6 Å². The van der Waals surface area contributed by atoms with Crippen molar-refractivity contribution in [1.29, 1.82) is 0 Å². The predicted octanol–water partition coefficient (Wildman–Crippen LogP) is 2.24. The van der Waals surface area contributed by atoms with Crippen LogP contribution in [0.2, 0.25) is 0 Å². The highest BCUT2D eigenvalue weighted by molar-refractivity contribution is 5.92. The van der Waals surface area contributed by atoms with E-state index >= 15 is 0 Å². The number of benzene rings is 1. The van der Waals surface area contributed by atoms with Crippen LogP contribution in [0.4, 0.5) is 0 Å². The molecule has 2 saturated heterocycles. The molecule has 0 unspecified atom stereocenters. The van der Waals surface area contributed by atoms with Gasteiger partial charge in [0.2, 0.25) is 0 Å². The molecule has 3 heterocycles. The Morgan fingerprint density at radius 3 is 2.54 bits per heavy atom. The zero-order valence-corrected chi connectivity index (χ0v) is 15.0. The number of carbonyl (C=O) groups excluding carboxylic acids is 1. The number of carbonyl (C=O) groups is 1. The molecule has 0 spiro atoms. The molecule has 0 N–H and O–H groups in total. The average Bonchev–Trinajstić information content (AvgIpc) is 3.13. The number of rotatable bonds is 4. The van der Waals surface area contributed by atoms with Gasteiger partial charge in [-0.05, 0) is 30.5 Å². The third-order valence-electron chi connectivity index (χ3n) is 5.46. The summed E-state index contributed by atoms with van der Waals surface area (Å²) < 4.78 is 5.52. The minimum absolute atomic E-state index is 0.0438. The van der Waals surface area contributed by atoms with E-state index in [1.165, 1.54) is 5.56 Å². The third kappa shape index (κ3) is 3.64. The van der Waals surface area contributed by atoms with E-state index in [-0.39, 0.29) is 11.9 Å². The first-order chi connectivity index (χ1) is 12.8. The second-order valence-electron chi connectivity index (χ2n) is 6.97. The molecule has 0 radical (unpaired) electrons. The van der Waals surface area contributed by atoms with Crippen molar-refractivity contribution in [1.82, 2.24) is 14.8 Å². The van der Waals surface area contributed by atoms with Crippen molar-refractivity contribution in [3.05, 3.63) is 66.0 Å². The third-order valence-corrected chi connectivity index (χ3v) is 5.46. The van der Waals surface area contributed by atoms with Gasteiger partial charge in [-0.2, -0.15) is 0 Å². The van der Waals surface area contributed by atoms with Crippen molar-refractivity contribution < 1.29 is 9.53 Å². The fourth-order valence-electron chi connectivity index (χ4n) is 4.16. The Balaban J connectivity index is 1.58. The lowest BCUT2D eigenvalue weighted by Gasteiger charge is -2.37. The molecular formula is C21H25N3O2. The lowest BCUT2D eigenvalue weighted by molar-refractivity contribution is 0.00860. The van der Waals surface area contributed by atoms with Gasteiger partial charge in [0.1, 0.15) is 5.69 Å². The highest BCUT2D eigenvalue weighted by Gasteiger charge is 2.40. The summed E-state index contributed by atoms with van der Waals surface area (Å²) in [5, 5.41) is 0. The largest absolute Gasteiger partial charge is 0.379 e. The van der Waals surface area contributed by atoms with Crippen molar-refractivity contribution in [3.8, 4) is 0 Å². The Labute approximate surface area is 154 Å². The molecule has 2 aliphatic rings. The van der Waals surface area contributed by atoms with Gasteiger partial charge in [0, 0.05) is 31.9 Å². The van der Waals surface area contributed by atoms with Crippen molar-refractivity contribution in [2.45, 2.75) is 24.9 Å². The highest BCUT2D eigenvalue weighted by Crippen LogP contribution is 2.28. The molecule has 136 valence electrons. The number of nitrogens with zero attached hydrogens (tertiary/aromatic N) is 3. The number of hydrogen-bond donors (Lipinski definition) is 0. The van der Waals surface area contributed by atoms with E-state index in [2.05, 4.69) is 34.1 Å². The summed E-state index contributed by atoms with van der Waals surface area (Å²) in [5.41, 5.74) is 1.81. The van der Waals surface area contributed by atoms with E-state index in [4.69, 9.17) is 4.74 Å². The molecule has 4 rings (SSSR count). The minimum atomic E-state index is 0.0438. The number of ether oxygens (including phenoxy) is 1. The van der Waals surface area contributed by atoms with Crippen LogP contribution in [0.1, 0.15) is 22.5 Å². The molecule has 1 aromatic carbocycles. The molecule has 0 saturated carbocycles. The summed E-state index contributed by atoms with van der Waals surface area (Å²) >= 11 is 0. The van der Waals surface area contributed by atoms with Crippen LogP contribution < -0.4 is 0 Å². The van der Waals surface area contributed by atoms with Crippen molar-refractivity contribution in [2.24, 2.45) is 0 Å². The van der Waals surface area contributed by atoms with E-state index in [0.29, 0.717) is 11.7 Å². The van der Waals surface area contributed by atoms with Crippen LogP contribution in [0.3, 0.4) is 0 Å². The zero-order valence-electron chi connectivity index (χ0n) is 15.0. The second kappa shape index (κ2) is 7.98. The number of pyridine rings is 1. The summed E-state index contributed by atoms with van der Waals surface area (Å²) in [5.74, 6) is 0.0438. The smallest absolute Gasteiger partial charge is 0.272 e. The molecule has 1 amide bonds. The number of likely N-dealkylation sites (tertiary alicyclic amines) is 1. The Bertz CT molecular complexity index is 717. The molecule has 0 aliphatic carbocycles. The fraction of sp³-hybridized carbons (Fsp3) is 0.429. The van der Waals surface area contributed by atoms with E-state index in [0.717, 1.165) is 45.7 Å². The summed E-state index contributed by atoms with van der Waals surface area (Å²) in [6.07, 6.45) is 3.58. The maximum atomic E-state index is 13.1. The monoisotopic (exact) mass is 351 g/mol. The lowest BCUT2D eigenvalue weighted by atomic mass is 9.98. The molecule has 5 heteroatoms. The fourth-order valence-corrected chi connectivity index (χ4v) is 4.16. The Morgan fingerprint density at radius 1 is 1.04 bits per heavy atom. The van der Waals surface area contributed by atoms with Gasteiger partial charge in [-0.3, -0.25) is 14.7 Å². The van der Waals surface area contributed by atoms with Crippen LogP contribution in [0.25, 0.3) is 0 Å². The van der Waals surface area contributed by atoms with E-state index in [9.17, 15) is 4.79 Å². The highest BCUT2D eigenvalue weighted by atomic mass is 16.5. The maximum absolute atomic E-state index is 13.1. The summed E-state index contributed by atoms with van der Waals surface area (Å²) in [7, 11) is 0. The van der Waals surface area contributed by atoms with Crippen LogP contribution in [0, 0.1) is 0 Å². The quantitative estimate of drug-likeness (QED) is 0.848. The molecule has 2 fully saturated rings. The molecule has 5 nitrogen and oxygen atoms in total. The minimum Gasteiger partial charge on any atom is -0.379 e. The first kappa shape index (κ1) is 17.2. The Hall–Kier alpha value is -2.24. The average molecular weight is 351 g/mol. The van der Waals surface area contributed by atoms with Crippen LogP contribution in [0.15, 0.2) is 54.7 Å². The molecular weight excluding hydrogens is 326 g/mol. The van der Waals surface area contributed by atoms with Gasteiger partial charge >= 0.3 is 0 Å². The molecule has 26 heavy (non-hydrogen) atoms. The van der Waals surface area contributed by atoms with Crippen molar-refractivity contribution in [2.75, 3.05) is 32.8 Å².